The molecule has 0 aromatic heterocycles. The van der Waals surface area contributed by atoms with Crippen LogP contribution in [0.3, 0.4) is 0 Å². The highest BCUT2D eigenvalue weighted by Crippen LogP contribution is 2.44. The number of carboxylic acid groups (broad SMARTS) is 1. The highest BCUT2D eigenvalue weighted by atomic mass is 16.5. The number of benzene rings is 2. The first kappa shape index (κ1) is 23.4. The summed E-state index contributed by atoms with van der Waals surface area (Å²) in [5, 5.41) is 12.5. The van der Waals surface area contributed by atoms with Crippen molar-refractivity contribution in [2.75, 3.05) is 19.7 Å². The monoisotopic (exact) mass is 476 g/mol. The van der Waals surface area contributed by atoms with Crippen molar-refractivity contribution in [3.05, 3.63) is 59.7 Å². The van der Waals surface area contributed by atoms with E-state index in [-0.39, 0.29) is 30.3 Å². The molecule has 184 valence electrons. The third-order valence-electron chi connectivity index (χ3n) is 8.20. The van der Waals surface area contributed by atoms with Crippen LogP contribution in [0.25, 0.3) is 11.1 Å². The Morgan fingerprint density at radius 1 is 1.03 bits per heavy atom. The number of alkyl carbamates (subject to hydrolysis) is 1. The number of amides is 2. The van der Waals surface area contributed by atoms with E-state index in [1.54, 1.807) is 11.8 Å². The van der Waals surface area contributed by atoms with Crippen LogP contribution in [0.2, 0.25) is 0 Å². The van der Waals surface area contributed by atoms with Gasteiger partial charge < -0.3 is 20.1 Å². The molecule has 2 fully saturated rings. The lowest BCUT2D eigenvalue weighted by Crippen LogP contribution is -2.53. The summed E-state index contributed by atoms with van der Waals surface area (Å²) in [5.41, 5.74) is 3.55. The molecule has 1 heterocycles. The molecule has 2 amide bonds. The third-order valence-corrected chi connectivity index (χ3v) is 8.20. The van der Waals surface area contributed by atoms with Crippen molar-refractivity contribution < 1.29 is 24.2 Å². The fourth-order valence-corrected chi connectivity index (χ4v) is 6.21. The van der Waals surface area contributed by atoms with Crippen molar-refractivity contribution in [1.29, 1.82) is 0 Å². The molecule has 0 radical (unpaired) electrons. The minimum absolute atomic E-state index is 0.00202. The van der Waals surface area contributed by atoms with Crippen molar-refractivity contribution in [2.24, 2.45) is 11.8 Å². The molecule has 2 aromatic carbocycles. The van der Waals surface area contributed by atoms with E-state index in [0.717, 1.165) is 30.4 Å². The molecule has 2 aromatic rings. The van der Waals surface area contributed by atoms with Crippen LogP contribution in [-0.4, -0.2) is 53.2 Å². The molecule has 0 spiro atoms. The van der Waals surface area contributed by atoms with E-state index < -0.39 is 17.6 Å². The van der Waals surface area contributed by atoms with Crippen molar-refractivity contribution in [1.82, 2.24) is 10.2 Å². The van der Waals surface area contributed by atoms with Gasteiger partial charge in [0.05, 0.1) is 0 Å². The van der Waals surface area contributed by atoms with Crippen LogP contribution in [0.15, 0.2) is 48.5 Å². The van der Waals surface area contributed by atoms with E-state index in [2.05, 4.69) is 29.6 Å². The number of likely N-dealkylation sites (tertiary alicyclic amines) is 1. The smallest absolute Gasteiger partial charge is 0.407 e. The van der Waals surface area contributed by atoms with E-state index >= 15 is 0 Å². The fourth-order valence-electron chi connectivity index (χ4n) is 6.21. The van der Waals surface area contributed by atoms with E-state index in [4.69, 9.17) is 4.74 Å². The maximum atomic E-state index is 13.3. The summed E-state index contributed by atoms with van der Waals surface area (Å²) >= 11 is 0. The molecule has 1 aliphatic heterocycles. The average Bonchev–Trinajstić information content (AvgIpc) is 3.57. The number of carbonyl (C=O) groups excluding carboxylic acids is 2. The highest BCUT2D eigenvalue weighted by Gasteiger charge is 2.49. The van der Waals surface area contributed by atoms with Gasteiger partial charge in [-0.2, -0.15) is 0 Å². The molecule has 0 unspecified atom stereocenters. The van der Waals surface area contributed by atoms with Crippen molar-refractivity contribution in [3.63, 3.8) is 0 Å². The zero-order chi connectivity index (χ0) is 24.6. The molecular weight excluding hydrogens is 444 g/mol. The van der Waals surface area contributed by atoms with Crippen LogP contribution < -0.4 is 5.32 Å². The molecule has 7 heteroatoms. The van der Waals surface area contributed by atoms with Crippen LogP contribution >= 0.6 is 0 Å². The number of aliphatic carboxylic acids is 1. The SMILES string of the molecule is C[C@@]1(C(=O)O)CCCN1C(=O)[C@H]1CCC[C@H]1CNC(=O)OCC1c2ccccc2-c2ccccc21. The second-order valence-electron chi connectivity index (χ2n) is 10.2. The topological polar surface area (TPSA) is 95.9 Å². The predicted molar refractivity (Wildman–Crippen MR) is 131 cm³/mol. The van der Waals surface area contributed by atoms with Crippen LogP contribution in [-0.2, 0) is 14.3 Å². The molecule has 35 heavy (non-hydrogen) atoms. The van der Waals surface area contributed by atoms with Crippen molar-refractivity contribution in [2.45, 2.75) is 50.5 Å². The van der Waals surface area contributed by atoms with E-state index in [9.17, 15) is 19.5 Å². The number of rotatable bonds is 6. The highest BCUT2D eigenvalue weighted by molar-refractivity contribution is 5.89. The van der Waals surface area contributed by atoms with E-state index in [1.807, 2.05) is 24.3 Å². The first-order valence-corrected chi connectivity index (χ1v) is 12.5. The first-order valence-electron chi connectivity index (χ1n) is 12.5. The number of nitrogens with zero attached hydrogens (tertiary/aromatic N) is 1. The molecule has 1 saturated heterocycles. The molecule has 2 N–H and O–H groups in total. The normalized spacial score (nSPS) is 25.2. The second-order valence-corrected chi connectivity index (χ2v) is 10.2. The number of ether oxygens (including phenoxy) is 1. The number of fused-ring (bicyclic) bond motifs is 3. The third kappa shape index (κ3) is 4.17. The minimum atomic E-state index is -1.13. The quantitative estimate of drug-likeness (QED) is 0.644. The maximum absolute atomic E-state index is 13.3. The van der Waals surface area contributed by atoms with Gasteiger partial charge in [0.15, 0.2) is 0 Å². The van der Waals surface area contributed by atoms with Crippen molar-refractivity contribution in [3.8, 4) is 11.1 Å². The minimum Gasteiger partial charge on any atom is -0.480 e. The Hall–Kier alpha value is -3.35. The zero-order valence-electron chi connectivity index (χ0n) is 20.0. The van der Waals surface area contributed by atoms with Gasteiger partial charge in [0.2, 0.25) is 5.91 Å². The Balaban J connectivity index is 1.18. The number of hydrogen-bond donors (Lipinski definition) is 2. The Morgan fingerprint density at radius 3 is 2.34 bits per heavy atom. The largest absolute Gasteiger partial charge is 0.480 e. The molecule has 3 atom stereocenters. The summed E-state index contributed by atoms with van der Waals surface area (Å²) in [6.45, 7) is 2.71. The molecule has 2 aliphatic carbocycles. The Labute approximate surface area is 205 Å². The second kappa shape index (κ2) is 9.36. The lowest BCUT2D eigenvalue weighted by molar-refractivity contribution is -0.157. The van der Waals surface area contributed by atoms with Crippen LogP contribution in [0.4, 0.5) is 4.79 Å². The van der Waals surface area contributed by atoms with Gasteiger partial charge in [-0.25, -0.2) is 9.59 Å². The summed E-state index contributed by atoms with van der Waals surface area (Å²) in [7, 11) is 0. The van der Waals surface area contributed by atoms with Gasteiger partial charge in [-0.15, -0.1) is 0 Å². The molecular formula is C28H32N2O5. The fraction of sp³-hybridized carbons (Fsp3) is 0.464. The van der Waals surface area contributed by atoms with Gasteiger partial charge in [0.25, 0.3) is 0 Å². The predicted octanol–water partition coefficient (Wildman–Crippen LogP) is 4.41. The average molecular weight is 477 g/mol. The van der Waals surface area contributed by atoms with Crippen LogP contribution in [0.5, 0.6) is 0 Å². The lowest BCUT2D eigenvalue weighted by atomic mass is 9.92. The van der Waals surface area contributed by atoms with E-state index in [1.165, 1.54) is 11.1 Å². The standard InChI is InChI=1S/C28H32N2O5/c1-28(26(32)33)14-7-15-30(28)25(31)19-13-6-8-18(19)16-29-27(34)35-17-24-22-11-4-2-9-20(22)21-10-3-5-12-23(21)24/h2-5,9-12,18-19,24H,6-8,13-17H2,1H3,(H,29,34)(H,32,33)/t18-,19-,28-/m0/s1. The molecule has 1 saturated carbocycles. The zero-order valence-corrected chi connectivity index (χ0v) is 20.0. The Kier molecular flexibility index (Phi) is 6.26. The summed E-state index contributed by atoms with van der Waals surface area (Å²) < 4.78 is 5.64. The Morgan fingerprint density at radius 2 is 1.69 bits per heavy atom. The van der Waals surface area contributed by atoms with Gasteiger partial charge in [-0.1, -0.05) is 55.0 Å². The Bertz CT molecular complexity index is 1100. The number of carbonyl (C=O) groups is 3. The molecule has 7 nitrogen and oxygen atoms in total. The summed E-state index contributed by atoms with van der Waals surface area (Å²) in [4.78, 5) is 39.2. The molecule has 5 rings (SSSR count). The van der Waals surface area contributed by atoms with Crippen LogP contribution in [0, 0.1) is 11.8 Å². The summed E-state index contributed by atoms with van der Waals surface area (Å²) in [6, 6.07) is 16.4. The summed E-state index contributed by atoms with van der Waals surface area (Å²) in [6.07, 6.45) is 3.14. The lowest BCUT2D eigenvalue weighted by Gasteiger charge is -2.34. The van der Waals surface area contributed by atoms with Crippen molar-refractivity contribution >= 4 is 18.0 Å². The van der Waals surface area contributed by atoms with Crippen LogP contribution in [0.1, 0.15) is 56.1 Å². The van der Waals surface area contributed by atoms with Gasteiger partial charge in [0, 0.05) is 24.9 Å². The van der Waals surface area contributed by atoms with Gasteiger partial charge in [0.1, 0.15) is 12.1 Å². The number of hydrogen-bond acceptors (Lipinski definition) is 4. The number of nitrogens with one attached hydrogen (secondary N) is 1. The number of carboxylic acids is 1. The van der Waals surface area contributed by atoms with E-state index in [0.29, 0.717) is 25.9 Å². The first-order chi connectivity index (χ1) is 16.9. The van der Waals surface area contributed by atoms with Gasteiger partial charge in [-0.05, 0) is 60.8 Å². The van der Waals surface area contributed by atoms with Gasteiger partial charge >= 0.3 is 12.1 Å². The molecule has 0 bridgehead atoms. The van der Waals surface area contributed by atoms with Gasteiger partial charge in [-0.3, -0.25) is 4.79 Å². The maximum Gasteiger partial charge on any atom is 0.407 e. The molecule has 3 aliphatic rings. The summed E-state index contributed by atoms with van der Waals surface area (Å²) in [5.74, 6) is -1.32.